The lowest BCUT2D eigenvalue weighted by Crippen LogP contribution is -2.64. The van der Waals surface area contributed by atoms with Crippen LogP contribution in [-0.4, -0.2) is 68.3 Å². The molecule has 0 aromatic carbocycles. The van der Waals surface area contributed by atoms with Gasteiger partial charge in [0.2, 0.25) is 16.9 Å². The first-order valence-corrected chi connectivity index (χ1v) is 11.6. The zero-order valence-corrected chi connectivity index (χ0v) is 18.7. The van der Waals surface area contributed by atoms with Gasteiger partial charge in [0, 0.05) is 25.1 Å². The molecule has 5 unspecified atom stereocenters. The number of carboxylic acid groups (broad SMARTS) is 1. The average molecular weight is 457 g/mol. The molecule has 0 bridgehead atoms. The normalized spacial score (nSPS) is 29.8. The van der Waals surface area contributed by atoms with Crippen LogP contribution in [0.15, 0.2) is 12.2 Å². The molecule has 2 aliphatic rings. The highest BCUT2D eigenvalue weighted by molar-refractivity contribution is 8.13. The maximum absolute atomic E-state index is 13.3. The fraction of sp³-hybridized carbons (Fsp3) is 0.714. The summed E-state index contributed by atoms with van der Waals surface area (Å²) in [7, 11) is 0. The predicted molar refractivity (Wildman–Crippen MR) is 115 cm³/mol. The predicted octanol–water partition coefficient (Wildman–Crippen LogP) is 0.446. The van der Waals surface area contributed by atoms with Gasteiger partial charge in [0.05, 0.1) is 24.0 Å². The van der Waals surface area contributed by atoms with Crippen molar-refractivity contribution in [2.45, 2.75) is 63.7 Å². The number of rotatable bonds is 10. The van der Waals surface area contributed by atoms with Gasteiger partial charge in [-0.1, -0.05) is 37.3 Å². The molecule has 2 rings (SSSR count). The molecule has 0 aromatic rings. The van der Waals surface area contributed by atoms with Crippen molar-refractivity contribution in [1.82, 2.24) is 10.6 Å². The van der Waals surface area contributed by atoms with E-state index in [1.54, 1.807) is 6.08 Å². The van der Waals surface area contributed by atoms with Crippen LogP contribution < -0.4 is 10.6 Å². The zero-order valence-electron chi connectivity index (χ0n) is 17.9. The minimum atomic E-state index is -1.91. The van der Waals surface area contributed by atoms with Crippen LogP contribution in [0.25, 0.3) is 0 Å². The maximum Gasteiger partial charge on any atom is 0.309 e. The number of aliphatic hydroxyl groups is 2. The number of thioether (sulfide) groups is 1. The van der Waals surface area contributed by atoms with Crippen molar-refractivity contribution in [2.24, 2.45) is 17.8 Å². The maximum atomic E-state index is 13.3. The number of carbonyl (C=O) groups is 4. The van der Waals surface area contributed by atoms with Crippen LogP contribution in [0.3, 0.4) is 0 Å². The van der Waals surface area contributed by atoms with Crippen molar-refractivity contribution in [3.05, 3.63) is 12.2 Å². The molecule has 1 heterocycles. The lowest BCUT2D eigenvalue weighted by molar-refractivity contribution is -0.140. The van der Waals surface area contributed by atoms with E-state index in [2.05, 4.69) is 10.6 Å². The van der Waals surface area contributed by atoms with E-state index in [0.717, 1.165) is 12.8 Å². The third-order valence-electron chi connectivity index (χ3n) is 5.98. The number of carbonyl (C=O) groups excluding carboxylic acids is 3. The number of amides is 2. The minimum Gasteiger partial charge on any atom is -0.481 e. The number of hydrogen-bond acceptors (Lipinski definition) is 7. The van der Waals surface area contributed by atoms with Crippen LogP contribution in [0.2, 0.25) is 0 Å². The van der Waals surface area contributed by atoms with E-state index >= 15 is 0 Å². The summed E-state index contributed by atoms with van der Waals surface area (Å²) >= 11 is 0.649. The lowest BCUT2D eigenvalue weighted by atomic mass is 9.76. The number of hydrogen-bond donors (Lipinski definition) is 5. The SMILES string of the molecule is CCCC1C(=O)NC(C(=O)SCC(CNC(C)=O)C(=O)O)([C@H](O)C2C=CCCC2)C1O. The number of allylic oxidation sites excluding steroid dienone is 1. The third kappa shape index (κ3) is 5.67. The largest absolute Gasteiger partial charge is 0.481 e. The number of aliphatic hydroxyl groups excluding tert-OH is 2. The first kappa shape index (κ1) is 25.4. The molecule has 1 aliphatic heterocycles. The summed E-state index contributed by atoms with van der Waals surface area (Å²) in [5, 5.41) is 36.0. The standard InChI is InChI=1S/C21H32N2O7S/c1-3-7-15-17(26)21(23-18(15)27,16(25)13-8-5-4-6-9-13)20(30)31-11-14(19(28)29)10-22-12(2)24/h5,8,13-17,25-26H,3-4,6-7,9-11H2,1-2H3,(H,22,24)(H,23,27)(H,28,29)/t13?,14?,15?,16-,17?,21?/m1/s1. The van der Waals surface area contributed by atoms with Gasteiger partial charge in [-0.25, -0.2) is 0 Å². The first-order valence-electron chi connectivity index (χ1n) is 10.6. The molecule has 5 N–H and O–H groups in total. The van der Waals surface area contributed by atoms with E-state index < -0.39 is 52.5 Å². The molecule has 0 aromatic heterocycles. The Morgan fingerprint density at radius 1 is 1.39 bits per heavy atom. The molecular weight excluding hydrogens is 424 g/mol. The summed E-state index contributed by atoms with van der Waals surface area (Å²) < 4.78 is 0. The Kier molecular flexibility index (Phi) is 9.08. The molecule has 0 radical (unpaired) electrons. The van der Waals surface area contributed by atoms with Gasteiger partial charge in [0.25, 0.3) is 0 Å². The second-order valence-electron chi connectivity index (χ2n) is 8.24. The van der Waals surface area contributed by atoms with Crippen molar-refractivity contribution in [3.63, 3.8) is 0 Å². The van der Waals surface area contributed by atoms with Gasteiger partial charge in [-0.05, 0) is 25.7 Å². The first-order chi connectivity index (χ1) is 14.6. The summed E-state index contributed by atoms with van der Waals surface area (Å²) in [5.74, 6) is -4.52. The third-order valence-corrected chi connectivity index (χ3v) is 7.15. The van der Waals surface area contributed by atoms with Crippen LogP contribution in [0.5, 0.6) is 0 Å². The quantitative estimate of drug-likeness (QED) is 0.297. The van der Waals surface area contributed by atoms with Gasteiger partial charge >= 0.3 is 5.97 Å². The van der Waals surface area contributed by atoms with Gasteiger partial charge in [-0.3, -0.25) is 19.2 Å². The Morgan fingerprint density at radius 3 is 2.65 bits per heavy atom. The highest BCUT2D eigenvalue weighted by Crippen LogP contribution is 2.40. The molecule has 2 amide bonds. The fourth-order valence-electron chi connectivity index (χ4n) is 4.19. The molecular formula is C21H32N2O7S. The van der Waals surface area contributed by atoms with E-state index in [1.165, 1.54) is 6.92 Å². The minimum absolute atomic E-state index is 0.154. The highest BCUT2D eigenvalue weighted by Gasteiger charge is 2.62. The van der Waals surface area contributed by atoms with E-state index in [9.17, 15) is 34.5 Å². The smallest absolute Gasteiger partial charge is 0.309 e. The van der Waals surface area contributed by atoms with Gasteiger partial charge in [-0.2, -0.15) is 0 Å². The molecule has 174 valence electrons. The van der Waals surface area contributed by atoms with Crippen LogP contribution in [-0.2, 0) is 19.2 Å². The second kappa shape index (κ2) is 11.1. The Labute approximate surface area is 186 Å². The molecule has 31 heavy (non-hydrogen) atoms. The number of nitrogens with one attached hydrogen (secondary N) is 2. The molecule has 9 nitrogen and oxygen atoms in total. The van der Waals surface area contributed by atoms with E-state index in [1.807, 2.05) is 13.0 Å². The van der Waals surface area contributed by atoms with E-state index in [-0.39, 0.29) is 18.2 Å². The molecule has 1 fully saturated rings. The van der Waals surface area contributed by atoms with Crippen LogP contribution in [0.1, 0.15) is 46.0 Å². The fourth-order valence-corrected chi connectivity index (χ4v) is 5.34. The zero-order chi connectivity index (χ0) is 23.2. The van der Waals surface area contributed by atoms with Gasteiger partial charge in [0.15, 0.2) is 5.54 Å². The summed E-state index contributed by atoms with van der Waals surface area (Å²) in [5.41, 5.74) is -1.91. The van der Waals surface area contributed by atoms with Gasteiger partial charge in [-0.15, -0.1) is 0 Å². The van der Waals surface area contributed by atoms with Gasteiger partial charge in [0.1, 0.15) is 0 Å². The van der Waals surface area contributed by atoms with E-state index in [4.69, 9.17) is 0 Å². The molecule has 0 saturated carbocycles. The summed E-state index contributed by atoms with van der Waals surface area (Å²) in [6, 6.07) is 0. The molecule has 1 aliphatic carbocycles. The van der Waals surface area contributed by atoms with Crippen LogP contribution in [0, 0.1) is 17.8 Å². The van der Waals surface area contributed by atoms with Crippen molar-refractivity contribution < 1.29 is 34.5 Å². The highest BCUT2D eigenvalue weighted by atomic mass is 32.2. The van der Waals surface area contributed by atoms with Crippen molar-refractivity contribution >= 4 is 34.7 Å². The molecule has 10 heteroatoms. The Bertz CT molecular complexity index is 729. The van der Waals surface area contributed by atoms with Crippen molar-refractivity contribution in [3.8, 4) is 0 Å². The summed E-state index contributed by atoms with van der Waals surface area (Å²) in [6.07, 6.45) is 4.20. The Morgan fingerprint density at radius 2 is 2.10 bits per heavy atom. The topological polar surface area (TPSA) is 153 Å². The average Bonchev–Trinajstić information content (AvgIpc) is 2.99. The molecule has 1 saturated heterocycles. The number of aliphatic carboxylic acids is 1. The molecule has 0 spiro atoms. The Hall–Kier alpha value is -1.91. The molecule has 6 atom stereocenters. The van der Waals surface area contributed by atoms with Gasteiger partial charge < -0.3 is 26.0 Å². The second-order valence-corrected chi connectivity index (χ2v) is 9.23. The monoisotopic (exact) mass is 456 g/mol. The summed E-state index contributed by atoms with van der Waals surface area (Å²) in [6.45, 7) is 2.97. The van der Waals surface area contributed by atoms with Crippen molar-refractivity contribution in [1.29, 1.82) is 0 Å². The van der Waals surface area contributed by atoms with E-state index in [0.29, 0.717) is 31.0 Å². The van der Waals surface area contributed by atoms with Crippen LogP contribution >= 0.6 is 11.8 Å². The van der Waals surface area contributed by atoms with Crippen molar-refractivity contribution in [2.75, 3.05) is 12.3 Å². The Balaban J connectivity index is 2.27. The number of carboxylic acids is 1. The lowest BCUT2D eigenvalue weighted by Gasteiger charge is -2.39. The van der Waals surface area contributed by atoms with Crippen LogP contribution in [0.4, 0.5) is 0 Å². The summed E-state index contributed by atoms with van der Waals surface area (Å²) in [4.78, 5) is 48.6.